The van der Waals surface area contributed by atoms with Crippen molar-refractivity contribution in [3.8, 4) is 5.75 Å². The largest absolute Gasteiger partial charge is 0.496 e. The maximum Gasteiger partial charge on any atom is 0.124 e. The fraction of sp³-hybridized carbons (Fsp3) is 0.571. The predicted molar refractivity (Wildman–Crippen MR) is 66.4 cm³/mol. The number of benzene rings is 1. The highest BCUT2D eigenvalue weighted by Crippen LogP contribution is 2.32. The highest BCUT2D eigenvalue weighted by Gasteiger charge is 2.18. The van der Waals surface area contributed by atoms with Crippen LogP contribution in [0, 0.1) is 0 Å². The molecule has 0 radical (unpaired) electrons. The van der Waals surface area contributed by atoms with Gasteiger partial charge in [0.2, 0.25) is 0 Å². The Balaban J connectivity index is 2.26. The molecule has 1 heterocycles. The average Bonchev–Trinajstić information content (AvgIpc) is 2.39. The van der Waals surface area contributed by atoms with Crippen LogP contribution >= 0.6 is 0 Å². The smallest absolute Gasteiger partial charge is 0.124 e. The van der Waals surface area contributed by atoms with Crippen LogP contribution in [0.15, 0.2) is 18.2 Å². The van der Waals surface area contributed by atoms with E-state index in [1.54, 1.807) is 14.0 Å². The molecule has 1 atom stereocenters. The number of methoxy groups -OCH3 is 1. The summed E-state index contributed by atoms with van der Waals surface area (Å²) >= 11 is 0. The van der Waals surface area contributed by atoms with Crippen molar-refractivity contribution in [3.05, 3.63) is 29.3 Å². The third kappa shape index (κ3) is 2.79. The molecule has 1 N–H and O–H groups in total. The van der Waals surface area contributed by atoms with E-state index in [0.29, 0.717) is 5.92 Å². The van der Waals surface area contributed by atoms with Crippen molar-refractivity contribution in [1.29, 1.82) is 0 Å². The number of aliphatic hydroxyl groups excluding tert-OH is 1. The van der Waals surface area contributed by atoms with Crippen LogP contribution in [0.2, 0.25) is 0 Å². The molecule has 1 aromatic rings. The molecule has 1 saturated heterocycles. The van der Waals surface area contributed by atoms with E-state index in [-0.39, 0.29) is 0 Å². The van der Waals surface area contributed by atoms with Crippen LogP contribution in [0.25, 0.3) is 0 Å². The number of hydrogen-bond acceptors (Lipinski definition) is 3. The molecule has 1 aromatic carbocycles. The molecular weight excluding hydrogens is 216 g/mol. The van der Waals surface area contributed by atoms with Crippen LogP contribution < -0.4 is 4.74 Å². The average molecular weight is 236 g/mol. The number of hydrogen-bond donors (Lipinski definition) is 1. The summed E-state index contributed by atoms with van der Waals surface area (Å²) in [6, 6.07) is 6.12. The van der Waals surface area contributed by atoms with E-state index < -0.39 is 6.10 Å². The molecule has 1 fully saturated rings. The van der Waals surface area contributed by atoms with Gasteiger partial charge in [-0.3, -0.25) is 0 Å². The van der Waals surface area contributed by atoms with E-state index in [9.17, 15) is 5.11 Å². The molecule has 0 spiro atoms. The summed E-state index contributed by atoms with van der Waals surface area (Å²) in [6.07, 6.45) is 1.63. The summed E-state index contributed by atoms with van der Waals surface area (Å²) in [5, 5.41) is 9.75. The Labute approximate surface area is 102 Å². The second-order valence-corrected chi connectivity index (χ2v) is 4.56. The quantitative estimate of drug-likeness (QED) is 0.876. The SMILES string of the molecule is COc1ccc(C2CCOCC2)cc1C(C)O. The molecule has 0 saturated carbocycles. The first-order valence-electron chi connectivity index (χ1n) is 6.16. The lowest BCUT2D eigenvalue weighted by Crippen LogP contribution is -2.14. The van der Waals surface area contributed by atoms with E-state index in [2.05, 4.69) is 12.1 Å². The molecule has 1 aliphatic heterocycles. The van der Waals surface area contributed by atoms with Crippen molar-refractivity contribution in [2.75, 3.05) is 20.3 Å². The van der Waals surface area contributed by atoms with Gasteiger partial charge in [0, 0.05) is 18.8 Å². The zero-order chi connectivity index (χ0) is 12.3. The van der Waals surface area contributed by atoms with Gasteiger partial charge in [-0.1, -0.05) is 6.07 Å². The molecule has 3 heteroatoms. The Kier molecular flexibility index (Phi) is 4.02. The van der Waals surface area contributed by atoms with E-state index in [1.165, 1.54) is 5.56 Å². The van der Waals surface area contributed by atoms with Gasteiger partial charge < -0.3 is 14.6 Å². The van der Waals surface area contributed by atoms with Gasteiger partial charge in [-0.05, 0) is 43.4 Å². The van der Waals surface area contributed by atoms with E-state index in [1.807, 2.05) is 6.07 Å². The van der Waals surface area contributed by atoms with Crippen LogP contribution in [0.3, 0.4) is 0 Å². The van der Waals surface area contributed by atoms with Crippen molar-refractivity contribution in [2.24, 2.45) is 0 Å². The van der Waals surface area contributed by atoms with Crippen LogP contribution in [0.5, 0.6) is 5.75 Å². The standard InChI is InChI=1S/C14H20O3/c1-10(15)13-9-12(3-4-14(13)16-2)11-5-7-17-8-6-11/h3-4,9-11,15H,5-8H2,1-2H3. The van der Waals surface area contributed by atoms with E-state index >= 15 is 0 Å². The lowest BCUT2D eigenvalue weighted by Gasteiger charge is -2.23. The predicted octanol–water partition coefficient (Wildman–Crippen LogP) is 2.64. The monoisotopic (exact) mass is 236 g/mol. The van der Waals surface area contributed by atoms with Crippen molar-refractivity contribution in [2.45, 2.75) is 31.8 Å². The third-order valence-corrected chi connectivity index (χ3v) is 3.40. The molecule has 94 valence electrons. The number of ether oxygens (including phenoxy) is 2. The summed E-state index contributed by atoms with van der Waals surface area (Å²) in [7, 11) is 1.63. The molecule has 0 amide bonds. The maximum absolute atomic E-state index is 9.75. The Morgan fingerprint density at radius 3 is 2.65 bits per heavy atom. The molecule has 0 aliphatic carbocycles. The number of rotatable bonds is 3. The number of aliphatic hydroxyl groups is 1. The topological polar surface area (TPSA) is 38.7 Å². The Morgan fingerprint density at radius 1 is 1.35 bits per heavy atom. The second-order valence-electron chi connectivity index (χ2n) is 4.56. The fourth-order valence-corrected chi connectivity index (χ4v) is 2.36. The Hall–Kier alpha value is -1.06. The van der Waals surface area contributed by atoms with Gasteiger partial charge in [0.15, 0.2) is 0 Å². The summed E-state index contributed by atoms with van der Waals surface area (Å²) in [5.74, 6) is 1.31. The van der Waals surface area contributed by atoms with Crippen LogP contribution in [-0.2, 0) is 4.74 Å². The van der Waals surface area contributed by atoms with Crippen LogP contribution in [-0.4, -0.2) is 25.4 Å². The van der Waals surface area contributed by atoms with E-state index in [0.717, 1.165) is 37.4 Å². The van der Waals surface area contributed by atoms with Gasteiger partial charge in [0.1, 0.15) is 5.75 Å². The normalized spacial score (nSPS) is 19.0. The van der Waals surface area contributed by atoms with Gasteiger partial charge in [0.25, 0.3) is 0 Å². The molecule has 17 heavy (non-hydrogen) atoms. The minimum absolute atomic E-state index is 0.496. The first kappa shape index (κ1) is 12.4. The first-order valence-corrected chi connectivity index (χ1v) is 6.16. The zero-order valence-corrected chi connectivity index (χ0v) is 10.5. The molecule has 0 aromatic heterocycles. The molecule has 2 rings (SSSR count). The molecular formula is C14H20O3. The van der Waals surface area contributed by atoms with Gasteiger partial charge in [-0.25, -0.2) is 0 Å². The Morgan fingerprint density at radius 2 is 2.06 bits per heavy atom. The highest BCUT2D eigenvalue weighted by atomic mass is 16.5. The van der Waals surface area contributed by atoms with Gasteiger partial charge in [-0.15, -0.1) is 0 Å². The van der Waals surface area contributed by atoms with Gasteiger partial charge >= 0.3 is 0 Å². The highest BCUT2D eigenvalue weighted by molar-refractivity contribution is 5.40. The summed E-state index contributed by atoms with van der Waals surface area (Å²) < 4.78 is 10.6. The van der Waals surface area contributed by atoms with E-state index in [4.69, 9.17) is 9.47 Å². The van der Waals surface area contributed by atoms with Crippen molar-refractivity contribution in [1.82, 2.24) is 0 Å². The van der Waals surface area contributed by atoms with Crippen molar-refractivity contribution >= 4 is 0 Å². The van der Waals surface area contributed by atoms with Crippen LogP contribution in [0.4, 0.5) is 0 Å². The second kappa shape index (κ2) is 5.52. The molecule has 0 bridgehead atoms. The Bertz CT molecular complexity index is 368. The lowest BCUT2D eigenvalue weighted by molar-refractivity contribution is 0.0852. The minimum Gasteiger partial charge on any atom is -0.496 e. The lowest BCUT2D eigenvalue weighted by atomic mass is 9.90. The molecule has 1 unspecified atom stereocenters. The zero-order valence-electron chi connectivity index (χ0n) is 10.5. The summed E-state index contributed by atoms with van der Waals surface area (Å²) in [4.78, 5) is 0. The van der Waals surface area contributed by atoms with Crippen LogP contribution in [0.1, 0.15) is 42.9 Å². The van der Waals surface area contributed by atoms with Gasteiger partial charge in [-0.2, -0.15) is 0 Å². The first-order chi connectivity index (χ1) is 8.22. The summed E-state index contributed by atoms with van der Waals surface area (Å²) in [6.45, 7) is 3.44. The third-order valence-electron chi connectivity index (χ3n) is 3.40. The summed E-state index contributed by atoms with van der Waals surface area (Å²) in [5.41, 5.74) is 2.15. The van der Waals surface area contributed by atoms with Gasteiger partial charge in [0.05, 0.1) is 13.2 Å². The molecule has 1 aliphatic rings. The van der Waals surface area contributed by atoms with Crippen molar-refractivity contribution in [3.63, 3.8) is 0 Å². The maximum atomic E-state index is 9.75. The fourth-order valence-electron chi connectivity index (χ4n) is 2.36. The molecule has 3 nitrogen and oxygen atoms in total. The van der Waals surface area contributed by atoms with Crippen molar-refractivity contribution < 1.29 is 14.6 Å². The minimum atomic E-state index is -0.496.